The van der Waals surface area contributed by atoms with E-state index in [0.717, 1.165) is 0 Å². The highest BCUT2D eigenvalue weighted by molar-refractivity contribution is 5.83. The van der Waals surface area contributed by atoms with Crippen molar-refractivity contribution in [3.63, 3.8) is 0 Å². The first-order valence-electron chi connectivity index (χ1n) is 5.52. The van der Waals surface area contributed by atoms with Crippen molar-refractivity contribution < 1.29 is 23.0 Å². The van der Waals surface area contributed by atoms with Crippen LogP contribution in [0, 0.1) is 0 Å². The first-order valence-corrected chi connectivity index (χ1v) is 5.52. The third-order valence-corrected chi connectivity index (χ3v) is 2.88. The van der Waals surface area contributed by atoms with Crippen molar-refractivity contribution in [2.45, 2.75) is 19.1 Å². The van der Waals surface area contributed by atoms with Crippen LogP contribution in [0.4, 0.5) is 14.5 Å². The number of hydrogen-bond donors (Lipinski definition) is 0. The number of nitrogens with zero attached hydrogens (tertiary/aromatic N) is 1. The quantitative estimate of drug-likeness (QED) is 0.774. The van der Waals surface area contributed by atoms with Crippen LogP contribution < -0.4 is 9.64 Å². The number of esters is 1. The number of hydrogen-bond acceptors (Lipinski definition) is 4. The van der Waals surface area contributed by atoms with Crippen molar-refractivity contribution >= 4 is 11.7 Å². The van der Waals surface area contributed by atoms with Gasteiger partial charge in [-0.3, -0.25) is 0 Å². The van der Waals surface area contributed by atoms with Gasteiger partial charge in [-0.05, 0) is 18.6 Å². The maximum Gasteiger partial charge on any atom is 0.387 e. The second-order valence-electron chi connectivity index (χ2n) is 3.87. The van der Waals surface area contributed by atoms with Gasteiger partial charge in [0.05, 0.1) is 12.8 Å². The maximum absolute atomic E-state index is 12.3. The molecule has 1 aliphatic rings. The van der Waals surface area contributed by atoms with Crippen molar-refractivity contribution in [1.29, 1.82) is 0 Å². The average molecular weight is 257 g/mol. The molecule has 1 unspecified atom stereocenters. The van der Waals surface area contributed by atoms with E-state index in [1.54, 1.807) is 23.1 Å². The van der Waals surface area contributed by atoms with Gasteiger partial charge in [-0.1, -0.05) is 12.1 Å². The highest BCUT2D eigenvalue weighted by Gasteiger charge is 2.36. The monoisotopic (exact) mass is 257 g/mol. The summed E-state index contributed by atoms with van der Waals surface area (Å²) in [6, 6.07) is 5.99. The molecule has 0 aromatic heterocycles. The molecule has 1 saturated heterocycles. The molecule has 2 rings (SSSR count). The molecule has 4 nitrogen and oxygen atoms in total. The van der Waals surface area contributed by atoms with Crippen LogP contribution in [-0.4, -0.2) is 32.3 Å². The molecule has 1 aliphatic heterocycles. The molecule has 18 heavy (non-hydrogen) atoms. The highest BCUT2D eigenvalue weighted by Crippen LogP contribution is 2.35. The molecule has 0 bridgehead atoms. The van der Waals surface area contributed by atoms with Crippen LogP contribution in [0.3, 0.4) is 0 Å². The Hall–Kier alpha value is -1.85. The zero-order valence-electron chi connectivity index (χ0n) is 9.81. The van der Waals surface area contributed by atoms with E-state index in [2.05, 4.69) is 9.47 Å². The minimum Gasteiger partial charge on any atom is -0.467 e. The standard InChI is InChI=1S/C12H13F2NO3/c1-17-11(16)9-6-7-15(9)8-4-2-3-5-10(8)18-12(13)14/h2-5,9,12H,6-7H2,1H3. The lowest BCUT2D eigenvalue weighted by Gasteiger charge is -2.41. The fourth-order valence-corrected chi connectivity index (χ4v) is 1.95. The summed E-state index contributed by atoms with van der Waals surface area (Å²) in [5.74, 6) is -0.297. The predicted octanol–water partition coefficient (Wildman–Crippen LogP) is 2.04. The smallest absolute Gasteiger partial charge is 0.387 e. The van der Waals surface area contributed by atoms with Gasteiger partial charge in [0.25, 0.3) is 0 Å². The van der Waals surface area contributed by atoms with E-state index in [0.29, 0.717) is 18.7 Å². The first-order chi connectivity index (χ1) is 8.63. The fourth-order valence-electron chi connectivity index (χ4n) is 1.95. The van der Waals surface area contributed by atoms with E-state index in [-0.39, 0.29) is 11.7 Å². The van der Waals surface area contributed by atoms with Crippen molar-refractivity contribution in [2.75, 3.05) is 18.6 Å². The highest BCUT2D eigenvalue weighted by atomic mass is 19.3. The van der Waals surface area contributed by atoms with E-state index < -0.39 is 12.7 Å². The normalized spacial score (nSPS) is 18.4. The Morgan fingerprint density at radius 2 is 2.17 bits per heavy atom. The molecule has 1 aromatic rings. The number of anilines is 1. The van der Waals surface area contributed by atoms with Gasteiger partial charge in [-0.25, -0.2) is 4.79 Å². The Morgan fingerprint density at radius 3 is 2.72 bits per heavy atom. The number of carbonyl (C=O) groups is 1. The third-order valence-electron chi connectivity index (χ3n) is 2.88. The molecule has 98 valence electrons. The number of carbonyl (C=O) groups excluding carboxylic acids is 1. The van der Waals surface area contributed by atoms with E-state index in [4.69, 9.17) is 0 Å². The summed E-state index contributed by atoms with van der Waals surface area (Å²) in [6.45, 7) is -2.27. The molecular formula is C12H13F2NO3. The van der Waals surface area contributed by atoms with E-state index in [9.17, 15) is 13.6 Å². The van der Waals surface area contributed by atoms with E-state index in [1.165, 1.54) is 13.2 Å². The van der Waals surface area contributed by atoms with Gasteiger partial charge in [0.2, 0.25) is 0 Å². The summed E-state index contributed by atoms with van der Waals surface area (Å²) in [4.78, 5) is 13.2. The Bertz CT molecular complexity index is 439. The lowest BCUT2D eigenvalue weighted by molar-refractivity contribution is -0.143. The molecule has 6 heteroatoms. The average Bonchev–Trinajstić information content (AvgIpc) is 2.29. The van der Waals surface area contributed by atoms with Crippen LogP contribution in [0.15, 0.2) is 24.3 Å². The topological polar surface area (TPSA) is 38.8 Å². The molecule has 0 spiro atoms. The van der Waals surface area contributed by atoms with E-state index >= 15 is 0 Å². The molecule has 0 aliphatic carbocycles. The van der Waals surface area contributed by atoms with Crippen LogP contribution in [0.25, 0.3) is 0 Å². The molecule has 0 amide bonds. The predicted molar refractivity (Wildman–Crippen MR) is 60.8 cm³/mol. The summed E-state index contributed by atoms with van der Waals surface area (Å²) in [6.07, 6.45) is 0.648. The van der Waals surface area contributed by atoms with Gasteiger partial charge in [0.1, 0.15) is 11.8 Å². The number of halogens is 2. The lowest BCUT2D eigenvalue weighted by atomic mass is 10.0. The zero-order chi connectivity index (χ0) is 13.1. The van der Waals surface area contributed by atoms with Crippen LogP contribution >= 0.6 is 0 Å². The number of para-hydroxylation sites is 2. The van der Waals surface area contributed by atoms with Gasteiger partial charge in [0, 0.05) is 6.54 Å². The molecule has 1 heterocycles. The Kier molecular flexibility index (Phi) is 3.64. The van der Waals surface area contributed by atoms with Gasteiger partial charge in [-0.2, -0.15) is 8.78 Å². The lowest BCUT2D eigenvalue weighted by Crippen LogP contribution is -2.53. The fraction of sp³-hybridized carbons (Fsp3) is 0.417. The number of ether oxygens (including phenoxy) is 2. The molecule has 1 fully saturated rings. The molecule has 0 saturated carbocycles. The maximum atomic E-state index is 12.3. The van der Waals surface area contributed by atoms with E-state index in [1.807, 2.05) is 0 Å². The number of methoxy groups -OCH3 is 1. The Balaban J connectivity index is 2.20. The van der Waals surface area contributed by atoms with Crippen molar-refractivity contribution in [3.05, 3.63) is 24.3 Å². The van der Waals surface area contributed by atoms with Crippen molar-refractivity contribution in [1.82, 2.24) is 0 Å². The summed E-state index contributed by atoms with van der Waals surface area (Å²) in [5.41, 5.74) is 0.486. The summed E-state index contributed by atoms with van der Waals surface area (Å²) >= 11 is 0. The largest absolute Gasteiger partial charge is 0.467 e. The Morgan fingerprint density at radius 1 is 1.44 bits per heavy atom. The second-order valence-corrected chi connectivity index (χ2v) is 3.87. The van der Waals surface area contributed by atoms with Gasteiger partial charge in [0.15, 0.2) is 0 Å². The van der Waals surface area contributed by atoms with Crippen LogP contribution in [-0.2, 0) is 9.53 Å². The summed E-state index contributed by atoms with van der Waals surface area (Å²) in [5, 5.41) is 0. The summed E-state index contributed by atoms with van der Waals surface area (Å²) in [7, 11) is 1.31. The number of alkyl halides is 2. The van der Waals surface area contributed by atoms with Gasteiger partial charge in [-0.15, -0.1) is 0 Å². The molecule has 0 radical (unpaired) electrons. The van der Waals surface area contributed by atoms with Crippen molar-refractivity contribution in [3.8, 4) is 5.75 Å². The minimum absolute atomic E-state index is 0.0705. The van der Waals surface area contributed by atoms with Crippen LogP contribution in [0.1, 0.15) is 6.42 Å². The van der Waals surface area contributed by atoms with Gasteiger partial charge < -0.3 is 14.4 Å². The van der Waals surface area contributed by atoms with Crippen molar-refractivity contribution in [2.24, 2.45) is 0 Å². The minimum atomic E-state index is -2.89. The molecule has 0 N–H and O–H groups in total. The SMILES string of the molecule is COC(=O)C1CCN1c1ccccc1OC(F)F. The number of rotatable bonds is 4. The zero-order valence-corrected chi connectivity index (χ0v) is 9.81. The third kappa shape index (κ3) is 2.37. The summed E-state index contributed by atoms with van der Waals surface area (Å²) < 4.78 is 33.6. The second kappa shape index (κ2) is 5.20. The molecule has 1 aromatic carbocycles. The number of benzene rings is 1. The Labute approximate surface area is 103 Å². The van der Waals surface area contributed by atoms with Gasteiger partial charge >= 0.3 is 12.6 Å². The molecule has 1 atom stereocenters. The van der Waals surface area contributed by atoms with Crippen LogP contribution in [0.2, 0.25) is 0 Å². The first kappa shape index (κ1) is 12.6. The molecular weight excluding hydrogens is 244 g/mol. The van der Waals surface area contributed by atoms with Crippen LogP contribution in [0.5, 0.6) is 5.75 Å².